The second kappa shape index (κ2) is 11.5. The molecule has 1 heterocycles. The van der Waals surface area contributed by atoms with Crippen LogP contribution in [0.25, 0.3) is 0 Å². The van der Waals surface area contributed by atoms with Crippen LogP contribution in [-0.2, 0) is 11.2 Å². The van der Waals surface area contributed by atoms with E-state index in [0.717, 1.165) is 29.2 Å². The van der Waals surface area contributed by atoms with E-state index in [-0.39, 0.29) is 12.3 Å². The summed E-state index contributed by atoms with van der Waals surface area (Å²) in [5, 5.41) is 12.3. The van der Waals surface area contributed by atoms with Crippen molar-refractivity contribution in [2.45, 2.75) is 12.8 Å². The molecule has 3 rings (SSSR count). The van der Waals surface area contributed by atoms with Crippen molar-refractivity contribution in [3.05, 3.63) is 59.1 Å². The second-order valence-electron chi connectivity index (χ2n) is 6.30. The third-order valence-electron chi connectivity index (χ3n) is 3.96. The van der Waals surface area contributed by atoms with Gasteiger partial charge in [-0.25, -0.2) is 5.43 Å². The summed E-state index contributed by atoms with van der Waals surface area (Å²) in [4.78, 5) is 11.8. The Labute approximate surface area is 183 Å². The van der Waals surface area contributed by atoms with Crippen LogP contribution in [-0.4, -0.2) is 42.6 Å². The highest BCUT2D eigenvalue weighted by Gasteiger charge is 2.07. The van der Waals surface area contributed by atoms with Crippen molar-refractivity contribution in [2.75, 3.05) is 26.1 Å². The number of nitrogens with zero attached hydrogens (tertiary/aromatic N) is 3. The van der Waals surface area contributed by atoms with Crippen LogP contribution in [0.3, 0.4) is 0 Å². The number of methoxy groups -OCH3 is 1. The molecule has 0 atom stereocenters. The van der Waals surface area contributed by atoms with Gasteiger partial charge in [-0.2, -0.15) is 5.10 Å². The lowest BCUT2D eigenvalue weighted by Gasteiger charge is -2.08. The van der Waals surface area contributed by atoms with E-state index in [4.69, 9.17) is 19.9 Å². The van der Waals surface area contributed by atoms with Gasteiger partial charge in [-0.15, -0.1) is 10.2 Å². The van der Waals surface area contributed by atoms with E-state index in [1.807, 2.05) is 48.5 Å². The van der Waals surface area contributed by atoms with Gasteiger partial charge in [-0.1, -0.05) is 11.3 Å². The summed E-state index contributed by atoms with van der Waals surface area (Å²) in [7, 11) is 1.63. The third-order valence-corrected chi connectivity index (χ3v) is 4.72. The van der Waals surface area contributed by atoms with Crippen LogP contribution in [0, 0.1) is 0 Å². The topological polar surface area (TPSA) is 121 Å². The van der Waals surface area contributed by atoms with Gasteiger partial charge in [0, 0.05) is 6.42 Å². The fraction of sp³-hybridized carbons (Fsp3) is 0.238. The Morgan fingerprint density at radius 3 is 2.23 bits per heavy atom. The molecule has 31 heavy (non-hydrogen) atoms. The summed E-state index contributed by atoms with van der Waals surface area (Å²) in [6.45, 7) is 1.09. The summed E-state index contributed by atoms with van der Waals surface area (Å²) in [5.41, 5.74) is 8.76. The highest BCUT2D eigenvalue weighted by molar-refractivity contribution is 7.15. The lowest BCUT2D eigenvalue weighted by Crippen LogP contribution is -2.19. The molecule has 1 amide bonds. The predicted molar refractivity (Wildman–Crippen MR) is 119 cm³/mol. The summed E-state index contributed by atoms with van der Waals surface area (Å²) >= 11 is 1.17. The van der Waals surface area contributed by atoms with E-state index in [2.05, 4.69) is 20.7 Å². The third kappa shape index (κ3) is 7.59. The lowest BCUT2D eigenvalue weighted by molar-refractivity contribution is -0.120. The van der Waals surface area contributed by atoms with Crippen LogP contribution < -0.4 is 25.4 Å². The first-order valence-corrected chi connectivity index (χ1v) is 10.3. The maximum Gasteiger partial charge on any atom is 0.247 e. The maximum absolute atomic E-state index is 11.8. The van der Waals surface area contributed by atoms with Crippen LogP contribution in [0.5, 0.6) is 17.2 Å². The van der Waals surface area contributed by atoms with Crippen molar-refractivity contribution < 1.29 is 19.0 Å². The Balaban J connectivity index is 1.32. The van der Waals surface area contributed by atoms with Crippen LogP contribution >= 0.6 is 11.3 Å². The number of nitrogen functional groups attached to an aromatic ring is 1. The molecule has 2 aromatic carbocycles. The fourth-order valence-electron chi connectivity index (χ4n) is 2.45. The number of carbonyl (C=O) groups is 1. The number of nitrogens with one attached hydrogen (secondary N) is 1. The number of aromatic nitrogens is 2. The van der Waals surface area contributed by atoms with Gasteiger partial charge >= 0.3 is 0 Å². The van der Waals surface area contributed by atoms with Crippen molar-refractivity contribution in [1.82, 2.24) is 15.6 Å². The Kier molecular flexibility index (Phi) is 8.18. The van der Waals surface area contributed by atoms with Crippen molar-refractivity contribution in [1.29, 1.82) is 0 Å². The number of rotatable bonds is 11. The van der Waals surface area contributed by atoms with E-state index >= 15 is 0 Å². The minimum Gasteiger partial charge on any atom is -0.497 e. The molecule has 0 saturated carbocycles. The molecule has 0 fully saturated rings. The van der Waals surface area contributed by atoms with Gasteiger partial charge in [0.25, 0.3) is 0 Å². The molecule has 10 heteroatoms. The molecule has 0 unspecified atom stereocenters. The van der Waals surface area contributed by atoms with Gasteiger partial charge in [0.2, 0.25) is 11.0 Å². The summed E-state index contributed by atoms with van der Waals surface area (Å²) in [6.07, 6.45) is 2.39. The lowest BCUT2D eigenvalue weighted by atomic mass is 10.2. The standard InChI is InChI=1S/C21H23N5O4S/c1-28-16-7-9-18(10-8-16)30-12-2-11-29-17-5-3-15(4-6-17)14-23-24-19(27)13-20-25-26-21(22)31-20/h3-10,14H,2,11-13H2,1H3,(H2,22,26)(H,24,27)/b23-14+. The number of ether oxygens (including phenoxy) is 3. The SMILES string of the molecule is COc1ccc(OCCCOc2ccc(/C=N/NC(=O)Cc3nnc(N)s3)cc2)cc1. The van der Waals surface area contributed by atoms with E-state index in [1.165, 1.54) is 11.3 Å². The van der Waals surface area contributed by atoms with Gasteiger partial charge < -0.3 is 19.9 Å². The molecule has 162 valence electrons. The first-order valence-electron chi connectivity index (χ1n) is 9.52. The zero-order valence-corrected chi connectivity index (χ0v) is 17.8. The number of benzene rings is 2. The largest absolute Gasteiger partial charge is 0.497 e. The molecule has 0 spiro atoms. The second-order valence-corrected chi connectivity index (χ2v) is 7.39. The smallest absolute Gasteiger partial charge is 0.247 e. The molecule has 0 aliphatic heterocycles. The maximum atomic E-state index is 11.8. The molecule has 9 nitrogen and oxygen atoms in total. The van der Waals surface area contributed by atoms with E-state index in [0.29, 0.717) is 23.4 Å². The van der Waals surface area contributed by atoms with Crippen LogP contribution in [0.4, 0.5) is 5.13 Å². The zero-order valence-electron chi connectivity index (χ0n) is 17.0. The number of hydrazone groups is 1. The molecule has 0 saturated heterocycles. The molecule has 1 aromatic heterocycles. The highest BCUT2D eigenvalue weighted by atomic mass is 32.1. The zero-order chi connectivity index (χ0) is 21.9. The van der Waals surface area contributed by atoms with Crippen LogP contribution in [0.1, 0.15) is 17.0 Å². The van der Waals surface area contributed by atoms with Gasteiger partial charge in [0.05, 0.1) is 33.0 Å². The Morgan fingerprint density at radius 2 is 1.65 bits per heavy atom. The molecular weight excluding hydrogens is 418 g/mol. The van der Waals surface area contributed by atoms with E-state index < -0.39 is 0 Å². The Hall–Kier alpha value is -3.66. The molecule has 0 aliphatic carbocycles. The normalized spacial score (nSPS) is 10.7. The molecule has 3 aromatic rings. The Bertz CT molecular complexity index is 990. The number of amides is 1. The number of hydrogen-bond donors (Lipinski definition) is 2. The van der Waals surface area contributed by atoms with Gasteiger partial charge in [0.1, 0.15) is 22.3 Å². The van der Waals surface area contributed by atoms with Gasteiger partial charge in [-0.3, -0.25) is 4.79 Å². The van der Waals surface area contributed by atoms with Gasteiger partial charge in [-0.05, 0) is 54.1 Å². The van der Waals surface area contributed by atoms with E-state index in [1.54, 1.807) is 13.3 Å². The van der Waals surface area contributed by atoms with Crippen molar-refractivity contribution in [3.63, 3.8) is 0 Å². The Morgan fingerprint density at radius 1 is 1.03 bits per heavy atom. The van der Waals surface area contributed by atoms with Gasteiger partial charge in [0.15, 0.2) is 0 Å². The fourth-order valence-corrected chi connectivity index (χ4v) is 3.06. The quantitative estimate of drug-likeness (QED) is 0.267. The highest BCUT2D eigenvalue weighted by Crippen LogP contribution is 2.17. The molecule has 3 N–H and O–H groups in total. The van der Waals surface area contributed by atoms with Crippen LogP contribution in [0.15, 0.2) is 53.6 Å². The number of anilines is 1. The minimum absolute atomic E-state index is 0.0845. The number of carbonyl (C=O) groups excluding carboxylic acids is 1. The monoisotopic (exact) mass is 441 g/mol. The molecule has 0 radical (unpaired) electrons. The van der Waals surface area contributed by atoms with Crippen molar-refractivity contribution >= 4 is 28.6 Å². The average Bonchev–Trinajstić information content (AvgIpc) is 3.19. The average molecular weight is 442 g/mol. The summed E-state index contributed by atoms with van der Waals surface area (Å²) in [6, 6.07) is 14.8. The van der Waals surface area contributed by atoms with Crippen molar-refractivity contribution in [2.24, 2.45) is 5.10 Å². The molecule has 0 aliphatic rings. The predicted octanol–water partition coefficient (Wildman–Crippen LogP) is 2.67. The minimum atomic E-state index is -0.288. The van der Waals surface area contributed by atoms with Crippen LogP contribution in [0.2, 0.25) is 0 Å². The summed E-state index contributed by atoms with van der Waals surface area (Å²) in [5.74, 6) is 2.05. The number of hydrogen-bond acceptors (Lipinski definition) is 9. The number of nitrogens with two attached hydrogens (primary N) is 1. The first kappa shape index (κ1) is 22.0. The van der Waals surface area contributed by atoms with E-state index in [9.17, 15) is 4.79 Å². The van der Waals surface area contributed by atoms with Crippen molar-refractivity contribution in [3.8, 4) is 17.2 Å². The molecule has 0 bridgehead atoms. The summed E-state index contributed by atoms with van der Waals surface area (Å²) < 4.78 is 16.5. The first-order chi connectivity index (χ1) is 15.1. The molecular formula is C21H23N5O4S.